The van der Waals surface area contributed by atoms with Crippen LogP contribution in [0.25, 0.3) is 0 Å². The quantitative estimate of drug-likeness (QED) is 0.810. The van der Waals surface area contributed by atoms with E-state index in [9.17, 15) is 0 Å². The normalized spacial score (nSPS) is 22.4. The van der Waals surface area contributed by atoms with Crippen molar-refractivity contribution in [2.75, 3.05) is 13.1 Å². The zero-order valence-electron chi connectivity index (χ0n) is 11.4. The Morgan fingerprint density at radius 3 is 3.06 bits per heavy atom. The van der Waals surface area contributed by atoms with Gasteiger partial charge in [0.05, 0.1) is 11.6 Å². The Morgan fingerprint density at radius 2 is 2.33 bits per heavy atom. The molecular weight excluding hydrogens is 220 g/mol. The lowest BCUT2D eigenvalue weighted by molar-refractivity contribution is 0.154. The van der Waals surface area contributed by atoms with E-state index in [1.807, 2.05) is 12.1 Å². The summed E-state index contributed by atoms with van der Waals surface area (Å²) in [7, 11) is 0. The molecule has 1 heterocycles. The number of likely N-dealkylation sites (tertiary alicyclic amines) is 1. The predicted molar refractivity (Wildman–Crippen MR) is 74.5 cm³/mol. The standard InChI is InChI=1S/C16H22N2/c1-3-13(2)18-9-5-8-16(12-18)15-7-4-6-14(10-15)11-17/h4,6-7,10,13,16H,3,5,8-9,12H2,1-2H3. The van der Waals surface area contributed by atoms with E-state index in [2.05, 4.69) is 36.9 Å². The Morgan fingerprint density at radius 1 is 1.50 bits per heavy atom. The first-order valence-corrected chi connectivity index (χ1v) is 6.98. The molecule has 0 saturated carbocycles. The van der Waals surface area contributed by atoms with E-state index in [4.69, 9.17) is 5.26 Å². The zero-order valence-corrected chi connectivity index (χ0v) is 11.4. The van der Waals surface area contributed by atoms with Gasteiger partial charge in [-0.1, -0.05) is 19.1 Å². The number of rotatable bonds is 3. The van der Waals surface area contributed by atoms with Gasteiger partial charge in [-0.25, -0.2) is 0 Å². The number of hydrogen-bond donors (Lipinski definition) is 0. The van der Waals surface area contributed by atoms with Crippen LogP contribution < -0.4 is 0 Å². The monoisotopic (exact) mass is 242 g/mol. The summed E-state index contributed by atoms with van der Waals surface area (Å²) < 4.78 is 0. The summed E-state index contributed by atoms with van der Waals surface area (Å²) in [5, 5.41) is 8.98. The predicted octanol–water partition coefficient (Wildman–Crippen LogP) is 3.54. The molecule has 1 aliphatic heterocycles. The molecule has 0 aliphatic carbocycles. The van der Waals surface area contributed by atoms with Crippen molar-refractivity contribution in [1.29, 1.82) is 5.26 Å². The first-order chi connectivity index (χ1) is 8.74. The molecule has 2 rings (SSSR count). The molecule has 0 bridgehead atoms. The number of piperidine rings is 1. The number of nitrogens with zero attached hydrogens (tertiary/aromatic N) is 2. The van der Waals surface area contributed by atoms with Crippen molar-refractivity contribution in [2.45, 2.75) is 45.1 Å². The summed E-state index contributed by atoms with van der Waals surface area (Å²) in [6.07, 6.45) is 3.73. The summed E-state index contributed by atoms with van der Waals surface area (Å²) >= 11 is 0. The molecule has 2 atom stereocenters. The molecule has 2 unspecified atom stereocenters. The van der Waals surface area contributed by atoms with Crippen LogP contribution in [0.2, 0.25) is 0 Å². The Labute approximate surface area is 110 Å². The van der Waals surface area contributed by atoms with E-state index in [-0.39, 0.29) is 0 Å². The van der Waals surface area contributed by atoms with Gasteiger partial charge in [-0.05, 0) is 56.3 Å². The van der Waals surface area contributed by atoms with Gasteiger partial charge in [0.1, 0.15) is 0 Å². The topological polar surface area (TPSA) is 27.0 Å². The number of hydrogen-bond acceptors (Lipinski definition) is 2. The smallest absolute Gasteiger partial charge is 0.0991 e. The largest absolute Gasteiger partial charge is 0.300 e. The van der Waals surface area contributed by atoms with Gasteiger partial charge in [0, 0.05) is 12.6 Å². The Kier molecular flexibility index (Phi) is 4.38. The molecular formula is C16H22N2. The Bertz CT molecular complexity index is 433. The highest BCUT2D eigenvalue weighted by molar-refractivity contribution is 5.34. The third-order valence-corrected chi connectivity index (χ3v) is 4.15. The average Bonchev–Trinajstić information content (AvgIpc) is 2.46. The maximum atomic E-state index is 8.98. The van der Waals surface area contributed by atoms with Crippen molar-refractivity contribution in [2.24, 2.45) is 0 Å². The van der Waals surface area contributed by atoms with Gasteiger partial charge in [-0.3, -0.25) is 0 Å². The highest BCUT2D eigenvalue weighted by Crippen LogP contribution is 2.28. The molecule has 0 radical (unpaired) electrons. The fraction of sp³-hybridized carbons (Fsp3) is 0.562. The molecule has 0 spiro atoms. The summed E-state index contributed by atoms with van der Waals surface area (Å²) in [5.74, 6) is 0.598. The highest BCUT2D eigenvalue weighted by Gasteiger charge is 2.23. The van der Waals surface area contributed by atoms with E-state index in [1.165, 1.54) is 31.4 Å². The van der Waals surface area contributed by atoms with E-state index in [0.717, 1.165) is 12.1 Å². The molecule has 1 aliphatic rings. The maximum absolute atomic E-state index is 8.98. The Hall–Kier alpha value is -1.33. The fourth-order valence-corrected chi connectivity index (χ4v) is 2.80. The molecule has 1 fully saturated rings. The molecule has 2 nitrogen and oxygen atoms in total. The average molecular weight is 242 g/mol. The third kappa shape index (κ3) is 2.91. The second kappa shape index (κ2) is 6.02. The summed E-state index contributed by atoms with van der Waals surface area (Å²) in [5.41, 5.74) is 2.12. The first kappa shape index (κ1) is 13.1. The Balaban J connectivity index is 2.10. The van der Waals surface area contributed by atoms with Crippen LogP contribution in [0.3, 0.4) is 0 Å². The third-order valence-electron chi connectivity index (χ3n) is 4.15. The molecule has 1 aromatic rings. The van der Waals surface area contributed by atoms with Crippen molar-refractivity contribution in [3.8, 4) is 6.07 Å². The van der Waals surface area contributed by atoms with Crippen LogP contribution >= 0.6 is 0 Å². The van der Waals surface area contributed by atoms with Crippen molar-refractivity contribution in [3.05, 3.63) is 35.4 Å². The maximum Gasteiger partial charge on any atom is 0.0991 e. The van der Waals surface area contributed by atoms with Gasteiger partial charge in [-0.15, -0.1) is 0 Å². The van der Waals surface area contributed by atoms with Crippen molar-refractivity contribution in [1.82, 2.24) is 4.90 Å². The van der Waals surface area contributed by atoms with Crippen LogP contribution in [-0.2, 0) is 0 Å². The van der Waals surface area contributed by atoms with Crippen LogP contribution in [0.1, 0.15) is 50.2 Å². The lowest BCUT2D eigenvalue weighted by Crippen LogP contribution is -2.40. The van der Waals surface area contributed by atoms with Gasteiger partial charge in [-0.2, -0.15) is 5.26 Å². The zero-order chi connectivity index (χ0) is 13.0. The van der Waals surface area contributed by atoms with Gasteiger partial charge in [0.2, 0.25) is 0 Å². The molecule has 0 N–H and O–H groups in total. The first-order valence-electron chi connectivity index (χ1n) is 6.98. The van der Waals surface area contributed by atoms with E-state index < -0.39 is 0 Å². The fourth-order valence-electron chi connectivity index (χ4n) is 2.80. The summed E-state index contributed by atoms with van der Waals surface area (Å²) in [6, 6.07) is 11.0. The van der Waals surface area contributed by atoms with Crippen molar-refractivity contribution in [3.63, 3.8) is 0 Å². The summed E-state index contributed by atoms with van der Waals surface area (Å²) in [4.78, 5) is 2.59. The van der Waals surface area contributed by atoms with Crippen LogP contribution in [0.15, 0.2) is 24.3 Å². The minimum atomic E-state index is 0.598. The minimum absolute atomic E-state index is 0.598. The van der Waals surface area contributed by atoms with Crippen LogP contribution in [0.5, 0.6) is 0 Å². The van der Waals surface area contributed by atoms with Gasteiger partial charge < -0.3 is 4.90 Å². The number of nitriles is 1. The van der Waals surface area contributed by atoms with E-state index >= 15 is 0 Å². The van der Waals surface area contributed by atoms with Crippen LogP contribution in [-0.4, -0.2) is 24.0 Å². The van der Waals surface area contributed by atoms with Crippen LogP contribution in [0, 0.1) is 11.3 Å². The molecule has 0 amide bonds. The number of benzene rings is 1. The molecule has 0 aromatic heterocycles. The molecule has 1 saturated heterocycles. The molecule has 18 heavy (non-hydrogen) atoms. The molecule has 1 aromatic carbocycles. The summed E-state index contributed by atoms with van der Waals surface area (Å²) in [6.45, 7) is 6.94. The van der Waals surface area contributed by atoms with E-state index in [0.29, 0.717) is 12.0 Å². The van der Waals surface area contributed by atoms with Crippen molar-refractivity contribution < 1.29 is 0 Å². The van der Waals surface area contributed by atoms with Gasteiger partial charge in [0.25, 0.3) is 0 Å². The minimum Gasteiger partial charge on any atom is -0.300 e. The highest BCUT2D eigenvalue weighted by atomic mass is 15.2. The van der Waals surface area contributed by atoms with Gasteiger partial charge in [0.15, 0.2) is 0 Å². The van der Waals surface area contributed by atoms with Gasteiger partial charge >= 0.3 is 0 Å². The van der Waals surface area contributed by atoms with Crippen LogP contribution in [0.4, 0.5) is 0 Å². The second-order valence-corrected chi connectivity index (χ2v) is 5.33. The molecule has 96 valence electrons. The van der Waals surface area contributed by atoms with Crippen molar-refractivity contribution >= 4 is 0 Å². The second-order valence-electron chi connectivity index (χ2n) is 5.33. The lowest BCUT2D eigenvalue weighted by Gasteiger charge is -2.36. The SMILES string of the molecule is CCC(C)N1CCCC(c2cccc(C#N)c2)C1. The molecule has 2 heteroatoms. The lowest BCUT2D eigenvalue weighted by atomic mass is 9.89. The van der Waals surface area contributed by atoms with E-state index in [1.54, 1.807) is 0 Å².